The largest absolute Gasteiger partial charge is 0.496 e. The van der Waals surface area contributed by atoms with Crippen molar-refractivity contribution in [2.24, 2.45) is 11.1 Å². The fourth-order valence-corrected chi connectivity index (χ4v) is 4.15. The number of carbonyl (C=O) groups excluding carboxylic acids is 1. The first-order valence-electron chi connectivity index (χ1n) is 9.99. The molecular formula is C23H29N3O3. The molecule has 1 atom stereocenters. The lowest BCUT2D eigenvalue weighted by Gasteiger charge is -2.33. The summed E-state index contributed by atoms with van der Waals surface area (Å²) in [4.78, 5) is 13.2. The SMILES string of the molecule is COc1ccccc1C1C(C#N)=C(COCCN)NC2=C1C(=O)CCC(C)(C)C2. The van der Waals surface area contributed by atoms with Crippen molar-refractivity contribution in [3.8, 4) is 11.8 Å². The van der Waals surface area contributed by atoms with E-state index in [0.717, 1.165) is 24.1 Å². The Morgan fingerprint density at radius 1 is 1.34 bits per heavy atom. The van der Waals surface area contributed by atoms with Crippen LogP contribution in [0.4, 0.5) is 0 Å². The number of hydrogen-bond acceptors (Lipinski definition) is 6. The summed E-state index contributed by atoms with van der Waals surface area (Å²) < 4.78 is 11.2. The van der Waals surface area contributed by atoms with Crippen LogP contribution in [0.25, 0.3) is 0 Å². The molecule has 1 unspecified atom stereocenters. The molecule has 6 nitrogen and oxygen atoms in total. The number of hydrogen-bond donors (Lipinski definition) is 2. The van der Waals surface area contributed by atoms with Gasteiger partial charge in [-0.1, -0.05) is 32.0 Å². The minimum Gasteiger partial charge on any atom is -0.496 e. The van der Waals surface area contributed by atoms with Gasteiger partial charge < -0.3 is 20.5 Å². The zero-order valence-electron chi connectivity index (χ0n) is 17.4. The summed E-state index contributed by atoms with van der Waals surface area (Å²) in [6.45, 7) is 5.40. The van der Waals surface area contributed by atoms with Gasteiger partial charge in [-0.2, -0.15) is 5.26 Å². The Balaban J connectivity index is 2.18. The highest BCUT2D eigenvalue weighted by Gasteiger charge is 2.40. The molecule has 1 aromatic rings. The number of Topliss-reactive ketones (excluding diaryl/α,β-unsaturated/α-hetero) is 1. The van der Waals surface area contributed by atoms with E-state index in [2.05, 4.69) is 25.2 Å². The number of nitrogens with one attached hydrogen (secondary N) is 1. The number of para-hydroxylation sites is 1. The summed E-state index contributed by atoms with van der Waals surface area (Å²) in [5.41, 5.74) is 9.12. The molecule has 0 bridgehead atoms. The number of nitriles is 1. The van der Waals surface area contributed by atoms with Crippen LogP contribution in [0.5, 0.6) is 5.75 Å². The molecule has 0 fully saturated rings. The molecule has 3 rings (SSSR count). The van der Waals surface area contributed by atoms with Crippen LogP contribution >= 0.6 is 0 Å². The van der Waals surface area contributed by atoms with Crippen LogP contribution in [0.2, 0.25) is 0 Å². The van der Waals surface area contributed by atoms with Crippen molar-refractivity contribution < 1.29 is 14.3 Å². The zero-order valence-corrected chi connectivity index (χ0v) is 17.4. The van der Waals surface area contributed by atoms with E-state index >= 15 is 0 Å². The number of ether oxygens (including phenoxy) is 2. The Bertz CT molecular complexity index is 893. The molecule has 0 saturated heterocycles. The van der Waals surface area contributed by atoms with E-state index in [-0.39, 0.29) is 17.8 Å². The Kier molecular flexibility index (Phi) is 6.41. The van der Waals surface area contributed by atoms with Crippen molar-refractivity contribution in [3.63, 3.8) is 0 Å². The van der Waals surface area contributed by atoms with E-state index in [9.17, 15) is 10.1 Å². The molecule has 0 amide bonds. The minimum absolute atomic E-state index is 0.0154. The molecule has 0 aromatic heterocycles. The number of nitrogens with two attached hydrogens (primary N) is 1. The molecule has 0 radical (unpaired) electrons. The summed E-state index contributed by atoms with van der Waals surface area (Å²) in [5.74, 6) is 0.284. The third kappa shape index (κ3) is 4.36. The number of dihydropyridines is 1. The van der Waals surface area contributed by atoms with Crippen LogP contribution < -0.4 is 15.8 Å². The summed E-state index contributed by atoms with van der Waals surface area (Å²) >= 11 is 0. The van der Waals surface area contributed by atoms with Gasteiger partial charge in [0.25, 0.3) is 0 Å². The summed E-state index contributed by atoms with van der Waals surface area (Å²) in [6.07, 6.45) is 2.01. The van der Waals surface area contributed by atoms with Gasteiger partial charge in [0.1, 0.15) is 5.75 Å². The zero-order chi connectivity index (χ0) is 21.0. The predicted molar refractivity (Wildman–Crippen MR) is 111 cm³/mol. The van der Waals surface area contributed by atoms with E-state index in [1.807, 2.05) is 24.3 Å². The molecule has 1 heterocycles. The monoisotopic (exact) mass is 395 g/mol. The average Bonchev–Trinajstić information content (AvgIpc) is 2.82. The van der Waals surface area contributed by atoms with Gasteiger partial charge in [0.15, 0.2) is 5.78 Å². The first-order chi connectivity index (χ1) is 13.9. The standard InChI is InChI=1S/C23H29N3O3/c1-23(2)9-8-19(27)22-17(12-23)26-18(14-29-11-10-24)16(13-25)21(22)15-6-4-5-7-20(15)28-3/h4-7,21,26H,8-12,14,24H2,1-3H3. The smallest absolute Gasteiger partial charge is 0.161 e. The molecular weight excluding hydrogens is 366 g/mol. The van der Waals surface area contributed by atoms with Crippen LogP contribution in [0, 0.1) is 16.7 Å². The Morgan fingerprint density at radius 3 is 2.79 bits per heavy atom. The second-order valence-electron chi connectivity index (χ2n) is 8.30. The fraction of sp³-hybridized carbons (Fsp3) is 0.478. The Hall–Kier alpha value is -2.62. The maximum absolute atomic E-state index is 13.2. The van der Waals surface area contributed by atoms with Gasteiger partial charge in [-0.05, 0) is 24.3 Å². The van der Waals surface area contributed by atoms with Crippen molar-refractivity contribution >= 4 is 5.78 Å². The van der Waals surface area contributed by atoms with Gasteiger partial charge in [0.2, 0.25) is 0 Å². The molecule has 29 heavy (non-hydrogen) atoms. The lowest BCUT2D eigenvalue weighted by molar-refractivity contribution is -0.116. The second kappa shape index (κ2) is 8.81. The average molecular weight is 396 g/mol. The second-order valence-corrected chi connectivity index (χ2v) is 8.30. The van der Waals surface area contributed by atoms with Crippen molar-refractivity contribution in [3.05, 3.63) is 52.4 Å². The van der Waals surface area contributed by atoms with Crippen LogP contribution in [0.15, 0.2) is 46.8 Å². The van der Waals surface area contributed by atoms with E-state index < -0.39 is 5.92 Å². The first kappa shape index (κ1) is 21.1. The summed E-state index contributed by atoms with van der Waals surface area (Å²) in [7, 11) is 1.61. The normalized spacial score (nSPS) is 21.2. The lowest BCUT2D eigenvalue weighted by atomic mass is 9.77. The van der Waals surface area contributed by atoms with Gasteiger partial charge >= 0.3 is 0 Å². The third-order valence-corrected chi connectivity index (χ3v) is 5.59. The van der Waals surface area contributed by atoms with Gasteiger partial charge in [0.05, 0.1) is 43.6 Å². The minimum atomic E-state index is -0.467. The molecule has 1 aliphatic carbocycles. The number of nitrogens with zero attached hydrogens (tertiary/aromatic N) is 1. The first-order valence-corrected chi connectivity index (χ1v) is 9.99. The highest BCUT2D eigenvalue weighted by atomic mass is 16.5. The van der Waals surface area contributed by atoms with E-state index in [1.54, 1.807) is 7.11 Å². The van der Waals surface area contributed by atoms with Crippen LogP contribution in [0.1, 0.15) is 44.6 Å². The van der Waals surface area contributed by atoms with E-state index in [4.69, 9.17) is 15.2 Å². The maximum atomic E-state index is 13.2. The van der Waals surface area contributed by atoms with Crippen molar-refractivity contribution in [2.45, 2.75) is 39.0 Å². The molecule has 0 spiro atoms. The Labute approximate surface area is 172 Å². The molecule has 3 N–H and O–H groups in total. The summed E-state index contributed by atoms with van der Waals surface area (Å²) in [5, 5.41) is 13.4. The van der Waals surface area contributed by atoms with Crippen molar-refractivity contribution in [1.29, 1.82) is 5.26 Å². The molecule has 154 valence electrons. The fourth-order valence-electron chi connectivity index (χ4n) is 4.15. The van der Waals surface area contributed by atoms with Gasteiger partial charge in [0, 0.05) is 29.8 Å². The highest BCUT2D eigenvalue weighted by molar-refractivity contribution is 5.99. The van der Waals surface area contributed by atoms with Crippen LogP contribution in [0.3, 0.4) is 0 Å². The van der Waals surface area contributed by atoms with Crippen LogP contribution in [-0.2, 0) is 9.53 Å². The Morgan fingerprint density at radius 2 is 2.10 bits per heavy atom. The number of allylic oxidation sites excluding steroid dienone is 3. The van der Waals surface area contributed by atoms with Gasteiger partial charge in [-0.25, -0.2) is 0 Å². The van der Waals surface area contributed by atoms with E-state index in [0.29, 0.717) is 42.2 Å². The number of ketones is 1. The van der Waals surface area contributed by atoms with Gasteiger partial charge in [-0.3, -0.25) is 4.79 Å². The quantitative estimate of drug-likeness (QED) is 0.718. The predicted octanol–water partition coefficient (Wildman–Crippen LogP) is 3.17. The molecule has 6 heteroatoms. The maximum Gasteiger partial charge on any atom is 0.161 e. The topological polar surface area (TPSA) is 97.4 Å². The molecule has 1 aromatic carbocycles. The highest BCUT2D eigenvalue weighted by Crippen LogP contribution is 2.46. The lowest BCUT2D eigenvalue weighted by Crippen LogP contribution is -2.32. The molecule has 1 aliphatic heterocycles. The van der Waals surface area contributed by atoms with Crippen LogP contribution in [-0.4, -0.2) is 32.7 Å². The van der Waals surface area contributed by atoms with Gasteiger partial charge in [-0.15, -0.1) is 0 Å². The molecule has 2 aliphatic rings. The van der Waals surface area contributed by atoms with Crippen molar-refractivity contribution in [2.75, 3.05) is 26.9 Å². The number of carbonyl (C=O) groups is 1. The number of methoxy groups -OCH3 is 1. The number of rotatable bonds is 6. The van der Waals surface area contributed by atoms with Crippen molar-refractivity contribution in [1.82, 2.24) is 5.32 Å². The molecule has 0 saturated carbocycles. The number of benzene rings is 1. The van der Waals surface area contributed by atoms with E-state index in [1.165, 1.54) is 0 Å². The summed E-state index contributed by atoms with van der Waals surface area (Å²) in [6, 6.07) is 9.93. The third-order valence-electron chi connectivity index (χ3n) is 5.59.